The summed E-state index contributed by atoms with van der Waals surface area (Å²) < 4.78 is 5.20. The minimum atomic E-state index is 0. The smallest absolute Gasteiger partial charge is 0.234 e. The van der Waals surface area contributed by atoms with Crippen LogP contribution in [0.2, 0.25) is 5.02 Å². The fraction of sp³-hybridized carbons (Fsp3) is 0.619. The number of ether oxygens (including phenoxy) is 1. The molecular formula is C21H33ClIN5O2. The summed E-state index contributed by atoms with van der Waals surface area (Å²) in [6, 6.07) is 6.18. The Labute approximate surface area is 201 Å². The third-order valence-corrected chi connectivity index (χ3v) is 5.57. The molecule has 1 amide bonds. The van der Waals surface area contributed by atoms with E-state index in [1.54, 1.807) is 7.11 Å². The molecule has 1 aliphatic carbocycles. The molecular weight excluding hydrogens is 517 g/mol. The fourth-order valence-corrected chi connectivity index (χ4v) is 3.65. The van der Waals surface area contributed by atoms with Crippen LogP contribution in [-0.4, -0.2) is 80.6 Å². The summed E-state index contributed by atoms with van der Waals surface area (Å²) in [5.74, 6) is 1.84. The van der Waals surface area contributed by atoms with Gasteiger partial charge < -0.3 is 20.3 Å². The predicted molar refractivity (Wildman–Crippen MR) is 132 cm³/mol. The van der Waals surface area contributed by atoms with E-state index in [-0.39, 0.29) is 29.9 Å². The molecule has 1 aromatic rings. The van der Waals surface area contributed by atoms with E-state index in [1.807, 2.05) is 18.2 Å². The number of rotatable bonds is 8. The van der Waals surface area contributed by atoms with E-state index >= 15 is 0 Å². The zero-order valence-electron chi connectivity index (χ0n) is 17.8. The normalized spacial score (nSPS) is 17.3. The maximum Gasteiger partial charge on any atom is 0.234 e. The lowest BCUT2D eigenvalue weighted by Gasteiger charge is -2.36. The Bertz CT molecular complexity index is 721. The molecule has 3 rings (SSSR count). The topological polar surface area (TPSA) is 69.2 Å². The van der Waals surface area contributed by atoms with Gasteiger partial charge in [0.15, 0.2) is 5.96 Å². The van der Waals surface area contributed by atoms with Crippen molar-refractivity contribution < 1.29 is 9.53 Å². The molecule has 7 nitrogen and oxygen atoms in total. The van der Waals surface area contributed by atoms with Crippen molar-refractivity contribution >= 4 is 47.4 Å². The Kier molecular flexibility index (Phi) is 10.5. The molecule has 1 heterocycles. The molecule has 1 aliphatic heterocycles. The standard InChI is InChI=1S/C21H32ClN5O2.HI/c1-3-23-21(24-9-8-16-4-7-18(29-2)14-19(16)22)27-12-10-26(11-13-27)15-20(28)25-17-5-6-17;/h4,7,14,17H,3,5-6,8-13,15H2,1-2H3,(H,23,24)(H,25,28);1H. The molecule has 0 aromatic heterocycles. The first-order valence-electron chi connectivity index (χ1n) is 10.5. The van der Waals surface area contributed by atoms with Gasteiger partial charge in [0.2, 0.25) is 5.91 Å². The van der Waals surface area contributed by atoms with Gasteiger partial charge in [-0.2, -0.15) is 0 Å². The molecule has 168 valence electrons. The Morgan fingerprint density at radius 3 is 2.60 bits per heavy atom. The van der Waals surface area contributed by atoms with E-state index in [4.69, 9.17) is 21.3 Å². The van der Waals surface area contributed by atoms with E-state index < -0.39 is 0 Å². The zero-order valence-corrected chi connectivity index (χ0v) is 20.9. The van der Waals surface area contributed by atoms with E-state index in [1.165, 1.54) is 0 Å². The summed E-state index contributed by atoms with van der Waals surface area (Å²) in [6.07, 6.45) is 3.03. The maximum atomic E-state index is 12.0. The highest BCUT2D eigenvalue weighted by Gasteiger charge is 2.25. The number of halogens is 2. The minimum Gasteiger partial charge on any atom is -0.497 e. The number of carbonyl (C=O) groups is 1. The first kappa shape index (κ1) is 25.0. The van der Waals surface area contributed by atoms with Crippen molar-refractivity contribution in [3.8, 4) is 5.75 Å². The monoisotopic (exact) mass is 549 g/mol. The van der Waals surface area contributed by atoms with Crippen LogP contribution in [0.4, 0.5) is 0 Å². The van der Waals surface area contributed by atoms with Crippen molar-refractivity contribution in [2.75, 3.05) is 52.9 Å². The number of guanidine groups is 1. The van der Waals surface area contributed by atoms with Crippen LogP contribution in [0.15, 0.2) is 23.2 Å². The summed E-state index contributed by atoms with van der Waals surface area (Å²) in [7, 11) is 1.64. The molecule has 2 N–H and O–H groups in total. The molecule has 2 fully saturated rings. The first-order valence-corrected chi connectivity index (χ1v) is 10.8. The Balaban J connectivity index is 0.00000320. The Hall–Kier alpha value is -1.26. The highest BCUT2D eigenvalue weighted by molar-refractivity contribution is 14.0. The van der Waals surface area contributed by atoms with Gasteiger partial charge >= 0.3 is 0 Å². The van der Waals surface area contributed by atoms with Crippen LogP contribution in [0.5, 0.6) is 5.75 Å². The van der Waals surface area contributed by atoms with E-state index in [9.17, 15) is 4.79 Å². The molecule has 0 atom stereocenters. The van der Waals surface area contributed by atoms with Crippen LogP contribution in [-0.2, 0) is 11.2 Å². The number of carbonyl (C=O) groups excluding carboxylic acids is 1. The molecule has 0 radical (unpaired) electrons. The number of hydrogen-bond donors (Lipinski definition) is 2. The first-order chi connectivity index (χ1) is 14.1. The van der Waals surface area contributed by atoms with Gasteiger partial charge in [-0.05, 0) is 43.9 Å². The predicted octanol–water partition coefficient (Wildman–Crippen LogP) is 2.37. The molecule has 0 spiro atoms. The van der Waals surface area contributed by atoms with Gasteiger partial charge in [-0.3, -0.25) is 14.7 Å². The lowest BCUT2D eigenvalue weighted by atomic mass is 10.1. The second-order valence-electron chi connectivity index (χ2n) is 7.55. The minimum absolute atomic E-state index is 0. The van der Waals surface area contributed by atoms with E-state index in [0.29, 0.717) is 24.2 Å². The summed E-state index contributed by atoms with van der Waals surface area (Å²) in [6.45, 7) is 7.53. The van der Waals surface area contributed by atoms with Crippen molar-refractivity contribution in [1.82, 2.24) is 20.4 Å². The fourth-order valence-electron chi connectivity index (χ4n) is 3.39. The van der Waals surface area contributed by atoms with E-state index in [2.05, 4.69) is 27.4 Å². The quantitative estimate of drug-likeness (QED) is 0.296. The van der Waals surface area contributed by atoms with E-state index in [0.717, 1.165) is 69.3 Å². The van der Waals surface area contributed by atoms with Crippen LogP contribution >= 0.6 is 35.6 Å². The molecule has 1 saturated heterocycles. The van der Waals surface area contributed by atoms with Gasteiger partial charge in [-0.15, -0.1) is 24.0 Å². The number of amides is 1. The van der Waals surface area contributed by atoms with Crippen molar-refractivity contribution in [1.29, 1.82) is 0 Å². The molecule has 30 heavy (non-hydrogen) atoms. The van der Waals surface area contributed by atoms with Gasteiger partial charge in [-0.25, -0.2) is 0 Å². The number of piperazine rings is 1. The molecule has 0 unspecified atom stereocenters. The highest BCUT2D eigenvalue weighted by Crippen LogP contribution is 2.22. The average molecular weight is 550 g/mol. The van der Waals surface area contributed by atoms with Crippen LogP contribution in [0.25, 0.3) is 0 Å². The second-order valence-corrected chi connectivity index (χ2v) is 7.96. The summed E-state index contributed by atoms with van der Waals surface area (Å²) in [5, 5.41) is 7.16. The SMILES string of the molecule is CCNC(=NCCc1ccc(OC)cc1Cl)N1CCN(CC(=O)NC2CC2)CC1.I. The summed E-state index contributed by atoms with van der Waals surface area (Å²) in [4.78, 5) is 21.3. The lowest BCUT2D eigenvalue weighted by molar-refractivity contribution is -0.122. The van der Waals surface area contributed by atoms with Crippen molar-refractivity contribution in [2.24, 2.45) is 4.99 Å². The molecule has 9 heteroatoms. The number of benzene rings is 1. The Morgan fingerprint density at radius 1 is 1.27 bits per heavy atom. The van der Waals surface area contributed by atoms with Crippen LogP contribution in [0, 0.1) is 0 Å². The van der Waals surface area contributed by atoms with Crippen LogP contribution < -0.4 is 15.4 Å². The van der Waals surface area contributed by atoms with Gasteiger partial charge in [0.1, 0.15) is 5.75 Å². The average Bonchev–Trinajstić information content (AvgIpc) is 3.53. The van der Waals surface area contributed by atoms with Crippen LogP contribution in [0.3, 0.4) is 0 Å². The van der Waals surface area contributed by atoms with Crippen molar-refractivity contribution in [3.63, 3.8) is 0 Å². The summed E-state index contributed by atoms with van der Waals surface area (Å²) in [5.41, 5.74) is 1.07. The lowest BCUT2D eigenvalue weighted by Crippen LogP contribution is -2.54. The molecule has 2 aliphatic rings. The largest absolute Gasteiger partial charge is 0.497 e. The van der Waals surface area contributed by atoms with Gasteiger partial charge in [0.25, 0.3) is 0 Å². The van der Waals surface area contributed by atoms with Crippen molar-refractivity contribution in [3.05, 3.63) is 28.8 Å². The molecule has 1 aromatic carbocycles. The number of hydrogen-bond acceptors (Lipinski definition) is 4. The third kappa shape index (κ3) is 7.77. The maximum absolute atomic E-state index is 12.0. The van der Waals surface area contributed by atoms with Crippen LogP contribution in [0.1, 0.15) is 25.3 Å². The van der Waals surface area contributed by atoms with Gasteiger partial charge in [-0.1, -0.05) is 17.7 Å². The van der Waals surface area contributed by atoms with Gasteiger partial charge in [0.05, 0.1) is 13.7 Å². The highest BCUT2D eigenvalue weighted by atomic mass is 127. The number of nitrogens with one attached hydrogen (secondary N) is 2. The zero-order chi connectivity index (χ0) is 20.6. The second kappa shape index (κ2) is 12.6. The Morgan fingerprint density at radius 2 is 2.00 bits per heavy atom. The molecule has 1 saturated carbocycles. The molecule has 0 bridgehead atoms. The number of nitrogens with zero attached hydrogens (tertiary/aromatic N) is 3. The number of methoxy groups -OCH3 is 1. The summed E-state index contributed by atoms with van der Waals surface area (Å²) >= 11 is 6.33. The van der Waals surface area contributed by atoms with Crippen molar-refractivity contribution in [2.45, 2.75) is 32.2 Å². The van der Waals surface area contributed by atoms with Gasteiger partial charge in [0, 0.05) is 50.3 Å². The third-order valence-electron chi connectivity index (χ3n) is 5.22. The number of aliphatic imine (C=N–C) groups is 1.